The summed E-state index contributed by atoms with van der Waals surface area (Å²) < 4.78 is 12.3. The molecular formula is C14H17IN4O2. The van der Waals surface area contributed by atoms with Gasteiger partial charge in [0.15, 0.2) is 0 Å². The first kappa shape index (κ1) is 15.7. The van der Waals surface area contributed by atoms with E-state index in [0.29, 0.717) is 18.2 Å². The van der Waals surface area contributed by atoms with Crippen LogP contribution < -0.4 is 14.8 Å². The van der Waals surface area contributed by atoms with Crippen molar-refractivity contribution >= 4 is 28.5 Å². The summed E-state index contributed by atoms with van der Waals surface area (Å²) in [5.41, 5.74) is 0. The predicted octanol–water partition coefficient (Wildman–Crippen LogP) is 3.49. The van der Waals surface area contributed by atoms with E-state index in [9.17, 15) is 0 Å². The lowest BCUT2D eigenvalue weighted by atomic mass is 10.3. The second-order valence-electron chi connectivity index (χ2n) is 4.48. The molecule has 0 aliphatic carbocycles. The first-order valence-electron chi connectivity index (χ1n) is 6.67. The fourth-order valence-electron chi connectivity index (χ4n) is 1.49. The first-order chi connectivity index (χ1) is 10.1. The Bertz CT molecular complexity index is 590. The SMILES string of the molecule is CCNc1nc(Oc2ccc(I)cc2)nc(OC(C)C)n1. The minimum atomic E-state index is -0.0203. The number of nitrogens with zero attached hydrogens (tertiary/aromatic N) is 3. The molecule has 1 N–H and O–H groups in total. The molecule has 0 fully saturated rings. The highest BCUT2D eigenvalue weighted by molar-refractivity contribution is 14.1. The highest BCUT2D eigenvalue weighted by Gasteiger charge is 2.10. The normalized spacial score (nSPS) is 10.5. The molecule has 1 heterocycles. The van der Waals surface area contributed by atoms with E-state index in [-0.39, 0.29) is 18.1 Å². The van der Waals surface area contributed by atoms with Gasteiger partial charge < -0.3 is 14.8 Å². The third kappa shape index (κ3) is 5.00. The fourth-order valence-corrected chi connectivity index (χ4v) is 1.85. The summed E-state index contributed by atoms with van der Waals surface area (Å²) in [5.74, 6) is 1.10. The summed E-state index contributed by atoms with van der Waals surface area (Å²) in [6.07, 6.45) is -0.0203. The molecule has 0 aliphatic rings. The Labute approximate surface area is 137 Å². The molecule has 0 saturated carbocycles. The number of ether oxygens (including phenoxy) is 2. The van der Waals surface area contributed by atoms with Crippen LogP contribution in [-0.4, -0.2) is 27.6 Å². The molecule has 7 heteroatoms. The van der Waals surface area contributed by atoms with Crippen LogP contribution in [0.25, 0.3) is 0 Å². The standard InChI is InChI=1S/C14H17IN4O2/c1-4-16-12-17-13(20-9(2)3)19-14(18-12)21-11-7-5-10(15)6-8-11/h5-9H,4H2,1-3H3,(H,16,17,18,19). The van der Waals surface area contributed by atoms with Gasteiger partial charge in [-0.05, 0) is 67.6 Å². The second kappa shape index (κ2) is 7.39. The maximum absolute atomic E-state index is 5.66. The van der Waals surface area contributed by atoms with Gasteiger partial charge in [-0.15, -0.1) is 4.98 Å². The molecule has 1 aromatic carbocycles. The van der Waals surface area contributed by atoms with Crippen LogP contribution in [0.4, 0.5) is 5.95 Å². The van der Waals surface area contributed by atoms with Gasteiger partial charge >= 0.3 is 12.0 Å². The van der Waals surface area contributed by atoms with E-state index in [2.05, 4.69) is 42.9 Å². The lowest BCUT2D eigenvalue weighted by Crippen LogP contribution is -2.12. The van der Waals surface area contributed by atoms with E-state index in [1.165, 1.54) is 0 Å². The van der Waals surface area contributed by atoms with Crippen molar-refractivity contribution in [3.8, 4) is 17.8 Å². The van der Waals surface area contributed by atoms with Gasteiger partial charge in [0.1, 0.15) is 5.75 Å². The Morgan fingerprint density at radius 3 is 2.38 bits per heavy atom. The molecule has 0 unspecified atom stereocenters. The molecule has 0 radical (unpaired) electrons. The van der Waals surface area contributed by atoms with Crippen LogP contribution >= 0.6 is 22.6 Å². The summed E-state index contributed by atoms with van der Waals surface area (Å²) in [4.78, 5) is 12.6. The van der Waals surface area contributed by atoms with Crippen LogP contribution in [0.5, 0.6) is 17.8 Å². The van der Waals surface area contributed by atoms with Gasteiger partial charge in [0, 0.05) is 10.1 Å². The quantitative estimate of drug-likeness (QED) is 0.749. The monoisotopic (exact) mass is 400 g/mol. The number of nitrogens with one attached hydrogen (secondary N) is 1. The Hall–Kier alpha value is -1.64. The smallest absolute Gasteiger partial charge is 0.330 e. The summed E-state index contributed by atoms with van der Waals surface area (Å²) in [6, 6.07) is 8.08. The lowest BCUT2D eigenvalue weighted by Gasteiger charge is -2.11. The van der Waals surface area contributed by atoms with E-state index in [0.717, 1.165) is 3.57 Å². The molecule has 0 aliphatic heterocycles. The Balaban J connectivity index is 2.24. The maximum Gasteiger partial charge on any atom is 0.330 e. The minimum absolute atomic E-state index is 0.0203. The van der Waals surface area contributed by atoms with Crippen LogP contribution in [0.3, 0.4) is 0 Å². The molecule has 2 rings (SSSR count). The molecule has 21 heavy (non-hydrogen) atoms. The topological polar surface area (TPSA) is 69.2 Å². The highest BCUT2D eigenvalue weighted by Crippen LogP contribution is 2.21. The van der Waals surface area contributed by atoms with Crippen molar-refractivity contribution in [3.05, 3.63) is 27.8 Å². The maximum atomic E-state index is 5.66. The van der Waals surface area contributed by atoms with E-state index < -0.39 is 0 Å². The molecule has 1 aromatic heterocycles. The van der Waals surface area contributed by atoms with Gasteiger partial charge in [-0.25, -0.2) is 0 Å². The number of hydrogen-bond acceptors (Lipinski definition) is 6. The van der Waals surface area contributed by atoms with Crippen molar-refractivity contribution in [1.82, 2.24) is 15.0 Å². The van der Waals surface area contributed by atoms with Crippen molar-refractivity contribution in [3.63, 3.8) is 0 Å². The van der Waals surface area contributed by atoms with Crippen LogP contribution in [0.2, 0.25) is 0 Å². The summed E-state index contributed by atoms with van der Waals surface area (Å²) in [5, 5.41) is 3.03. The molecule has 0 spiro atoms. The molecule has 0 atom stereocenters. The van der Waals surface area contributed by atoms with Gasteiger partial charge in [-0.3, -0.25) is 0 Å². The summed E-state index contributed by atoms with van der Waals surface area (Å²) >= 11 is 2.24. The van der Waals surface area contributed by atoms with Crippen LogP contribution in [0, 0.1) is 3.57 Å². The van der Waals surface area contributed by atoms with E-state index in [1.54, 1.807) is 0 Å². The van der Waals surface area contributed by atoms with Gasteiger partial charge in [-0.2, -0.15) is 9.97 Å². The second-order valence-corrected chi connectivity index (χ2v) is 5.72. The number of anilines is 1. The highest BCUT2D eigenvalue weighted by atomic mass is 127. The average Bonchev–Trinajstić information content (AvgIpc) is 2.41. The van der Waals surface area contributed by atoms with E-state index in [1.807, 2.05) is 45.0 Å². The van der Waals surface area contributed by atoms with Crippen LogP contribution in [0.1, 0.15) is 20.8 Å². The van der Waals surface area contributed by atoms with E-state index >= 15 is 0 Å². The number of aromatic nitrogens is 3. The zero-order valence-electron chi connectivity index (χ0n) is 12.1. The van der Waals surface area contributed by atoms with Crippen molar-refractivity contribution in [2.75, 3.05) is 11.9 Å². The van der Waals surface area contributed by atoms with Crippen molar-refractivity contribution in [1.29, 1.82) is 0 Å². The number of benzene rings is 1. The Morgan fingerprint density at radius 2 is 1.76 bits per heavy atom. The number of halogens is 1. The summed E-state index contributed by atoms with van der Waals surface area (Å²) in [6.45, 7) is 6.49. The minimum Gasteiger partial charge on any atom is -0.461 e. The van der Waals surface area contributed by atoms with Crippen molar-refractivity contribution < 1.29 is 9.47 Å². The molecular weight excluding hydrogens is 383 g/mol. The van der Waals surface area contributed by atoms with Gasteiger partial charge in [0.25, 0.3) is 0 Å². The number of rotatable bonds is 6. The summed E-state index contributed by atoms with van der Waals surface area (Å²) in [7, 11) is 0. The van der Waals surface area contributed by atoms with Crippen LogP contribution in [-0.2, 0) is 0 Å². The lowest BCUT2D eigenvalue weighted by molar-refractivity contribution is 0.218. The predicted molar refractivity (Wildman–Crippen MR) is 89.0 cm³/mol. The Morgan fingerprint density at radius 1 is 1.10 bits per heavy atom. The first-order valence-corrected chi connectivity index (χ1v) is 7.74. The third-order valence-electron chi connectivity index (χ3n) is 2.29. The van der Waals surface area contributed by atoms with E-state index in [4.69, 9.17) is 9.47 Å². The molecule has 0 bridgehead atoms. The average molecular weight is 400 g/mol. The molecule has 0 saturated heterocycles. The van der Waals surface area contributed by atoms with Gasteiger partial charge in [0.05, 0.1) is 6.10 Å². The van der Waals surface area contributed by atoms with Gasteiger partial charge in [0.2, 0.25) is 5.95 Å². The molecule has 112 valence electrons. The van der Waals surface area contributed by atoms with Crippen molar-refractivity contribution in [2.45, 2.75) is 26.9 Å². The number of hydrogen-bond donors (Lipinski definition) is 1. The zero-order valence-corrected chi connectivity index (χ0v) is 14.3. The molecule has 6 nitrogen and oxygen atoms in total. The third-order valence-corrected chi connectivity index (χ3v) is 3.01. The van der Waals surface area contributed by atoms with Crippen LogP contribution in [0.15, 0.2) is 24.3 Å². The van der Waals surface area contributed by atoms with Crippen molar-refractivity contribution in [2.24, 2.45) is 0 Å². The zero-order chi connectivity index (χ0) is 15.2. The van der Waals surface area contributed by atoms with Gasteiger partial charge in [-0.1, -0.05) is 0 Å². The molecule has 0 amide bonds. The fraction of sp³-hybridized carbons (Fsp3) is 0.357. The molecule has 2 aromatic rings. The Kier molecular flexibility index (Phi) is 5.54. The largest absolute Gasteiger partial charge is 0.461 e.